The maximum absolute atomic E-state index is 11.6. The molecule has 1 aromatic heterocycles. The average Bonchev–Trinajstić information content (AvgIpc) is 2.27. The van der Waals surface area contributed by atoms with Gasteiger partial charge in [0.1, 0.15) is 0 Å². The first kappa shape index (κ1) is 14.5. The maximum Gasteiger partial charge on any atom is 0.220 e. The number of hydrogen-bond donors (Lipinski definition) is 1. The molecule has 0 bridgehead atoms. The Hall–Kier alpha value is -1.58. The molecule has 0 aromatic carbocycles. The van der Waals surface area contributed by atoms with Gasteiger partial charge in [-0.15, -0.1) is 0 Å². The normalized spacial score (nSPS) is 11.1. The van der Waals surface area contributed by atoms with E-state index in [2.05, 4.69) is 31.1 Å². The number of pyridine rings is 1. The summed E-state index contributed by atoms with van der Waals surface area (Å²) in [4.78, 5) is 15.7. The molecule has 0 fully saturated rings. The van der Waals surface area contributed by atoms with E-state index in [1.165, 1.54) is 0 Å². The minimum absolute atomic E-state index is 0.0317. The Kier molecular flexibility index (Phi) is 5.13. The van der Waals surface area contributed by atoms with Crippen LogP contribution < -0.4 is 10.1 Å². The van der Waals surface area contributed by atoms with Gasteiger partial charge in [-0.2, -0.15) is 0 Å². The summed E-state index contributed by atoms with van der Waals surface area (Å²) in [5.74, 6) is 0.706. The molecule has 0 atom stereocenters. The third-order valence-electron chi connectivity index (χ3n) is 2.44. The van der Waals surface area contributed by atoms with Crippen LogP contribution in [0.15, 0.2) is 18.3 Å². The second-order valence-corrected chi connectivity index (χ2v) is 5.54. The van der Waals surface area contributed by atoms with Gasteiger partial charge >= 0.3 is 0 Å². The minimum atomic E-state index is 0.0317. The molecule has 100 valence electrons. The molecule has 4 nitrogen and oxygen atoms in total. The molecule has 0 saturated heterocycles. The Morgan fingerprint density at radius 2 is 2.17 bits per heavy atom. The molecule has 1 heterocycles. The van der Waals surface area contributed by atoms with Crippen LogP contribution in [0.4, 0.5) is 0 Å². The molecule has 0 unspecified atom stereocenters. The first-order valence-electron chi connectivity index (χ1n) is 6.16. The van der Waals surface area contributed by atoms with Gasteiger partial charge in [-0.1, -0.05) is 20.8 Å². The van der Waals surface area contributed by atoms with Gasteiger partial charge in [0.05, 0.1) is 7.11 Å². The predicted octanol–water partition coefficient (Wildman–Crippen LogP) is 2.19. The zero-order chi connectivity index (χ0) is 13.6. The van der Waals surface area contributed by atoms with Gasteiger partial charge in [0.25, 0.3) is 0 Å². The van der Waals surface area contributed by atoms with Crippen molar-refractivity contribution in [2.24, 2.45) is 5.41 Å². The largest absolute Gasteiger partial charge is 0.481 e. The molecule has 1 N–H and O–H groups in total. The van der Waals surface area contributed by atoms with Crippen LogP contribution in [0.3, 0.4) is 0 Å². The van der Waals surface area contributed by atoms with Gasteiger partial charge in [0, 0.05) is 25.2 Å². The Bertz CT molecular complexity index is 397. The molecule has 0 radical (unpaired) electrons. The number of nitrogens with zero attached hydrogens (tertiary/aromatic N) is 1. The van der Waals surface area contributed by atoms with E-state index in [1.807, 2.05) is 12.1 Å². The zero-order valence-corrected chi connectivity index (χ0v) is 11.6. The number of nitrogens with one attached hydrogen (secondary N) is 1. The summed E-state index contributed by atoms with van der Waals surface area (Å²) in [6.07, 6.45) is 3.05. The fraction of sp³-hybridized carbons (Fsp3) is 0.571. The number of ether oxygens (including phenoxy) is 1. The highest BCUT2D eigenvalue weighted by Gasteiger charge is 2.15. The second-order valence-electron chi connectivity index (χ2n) is 5.54. The quantitative estimate of drug-likeness (QED) is 0.871. The summed E-state index contributed by atoms with van der Waals surface area (Å²) in [6, 6.07) is 3.81. The van der Waals surface area contributed by atoms with Crippen molar-refractivity contribution in [2.75, 3.05) is 13.7 Å². The number of hydrogen-bond acceptors (Lipinski definition) is 3. The SMILES string of the molecule is COc1cc(CCNC(=O)CC(C)(C)C)ccn1. The minimum Gasteiger partial charge on any atom is -0.481 e. The van der Waals surface area contributed by atoms with Gasteiger partial charge in [-0.25, -0.2) is 4.98 Å². The first-order valence-corrected chi connectivity index (χ1v) is 6.16. The van der Waals surface area contributed by atoms with Crippen LogP contribution in [-0.4, -0.2) is 24.5 Å². The Balaban J connectivity index is 2.35. The lowest BCUT2D eigenvalue weighted by Crippen LogP contribution is -2.29. The van der Waals surface area contributed by atoms with E-state index in [1.54, 1.807) is 13.3 Å². The van der Waals surface area contributed by atoms with Gasteiger partial charge in [0.15, 0.2) is 0 Å². The van der Waals surface area contributed by atoms with Crippen LogP contribution in [-0.2, 0) is 11.2 Å². The predicted molar refractivity (Wildman–Crippen MR) is 71.6 cm³/mol. The van der Waals surface area contributed by atoms with Gasteiger partial charge in [-0.3, -0.25) is 4.79 Å². The van der Waals surface area contributed by atoms with Crippen molar-refractivity contribution in [3.05, 3.63) is 23.9 Å². The highest BCUT2D eigenvalue weighted by Crippen LogP contribution is 2.17. The molecule has 18 heavy (non-hydrogen) atoms. The van der Waals surface area contributed by atoms with E-state index < -0.39 is 0 Å². The lowest BCUT2D eigenvalue weighted by molar-refractivity contribution is -0.122. The van der Waals surface area contributed by atoms with E-state index in [0.717, 1.165) is 12.0 Å². The summed E-state index contributed by atoms with van der Waals surface area (Å²) in [5, 5.41) is 2.93. The Morgan fingerprint density at radius 3 is 2.78 bits per heavy atom. The highest BCUT2D eigenvalue weighted by molar-refractivity contribution is 5.76. The van der Waals surface area contributed by atoms with Crippen LogP contribution in [0.25, 0.3) is 0 Å². The van der Waals surface area contributed by atoms with Crippen LogP contribution in [0.1, 0.15) is 32.8 Å². The molecule has 0 saturated carbocycles. The molecule has 1 amide bonds. The van der Waals surface area contributed by atoms with Gasteiger partial charge in [-0.05, 0) is 23.5 Å². The van der Waals surface area contributed by atoms with Crippen molar-refractivity contribution >= 4 is 5.91 Å². The first-order chi connectivity index (χ1) is 8.40. The molecule has 0 aliphatic rings. The molecule has 1 aromatic rings. The third kappa shape index (κ3) is 5.66. The summed E-state index contributed by atoms with van der Waals surface area (Å²) in [6.45, 7) is 6.81. The summed E-state index contributed by atoms with van der Waals surface area (Å²) in [5.41, 5.74) is 1.14. The summed E-state index contributed by atoms with van der Waals surface area (Å²) >= 11 is 0. The topological polar surface area (TPSA) is 51.2 Å². The highest BCUT2D eigenvalue weighted by atomic mass is 16.5. The molecular weight excluding hydrogens is 228 g/mol. The van der Waals surface area contributed by atoms with E-state index in [0.29, 0.717) is 18.8 Å². The zero-order valence-electron chi connectivity index (χ0n) is 11.6. The summed E-state index contributed by atoms with van der Waals surface area (Å²) in [7, 11) is 1.59. The number of amides is 1. The van der Waals surface area contributed by atoms with Crippen LogP contribution in [0.5, 0.6) is 5.88 Å². The van der Waals surface area contributed by atoms with Gasteiger partial charge in [0.2, 0.25) is 11.8 Å². The molecule has 0 aliphatic heterocycles. The van der Waals surface area contributed by atoms with Crippen molar-refractivity contribution in [3.63, 3.8) is 0 Å². The Morgan fingerprint density at radius 1 is 1.44 bits per heavy atom. The third-order valence-corrected chi connectivity index (χ3v) is 2.44. The molecule has 0 aliphatic carbocycles. The van der Waals surface area contributed by atoms with E-state index in [-0.39, 0.29) is 11.3 Å². The van der Waals surface area contributed by atoms with Gasteiger partial charge < -0.3 is 10.1 Å². The smallest absolute Gasteiger partial charge is 0.220 e. The second kappa shape index (κ2) is 6.38. The monoisotopic (exact) mass is 250 g/mol. The number of carbonyl (C=O) groups excluding carboxylic acids is 1. The van der Waals surface area contributed by atoms with Crippen molar-refractivity contribution in [1.82, 2.24) is 10.3 Å². The summed E-state index contributed by atoms with van der Waals surface area (Å²) < 4.78 is 5.05. The standard InChI is InChI=1S/C14H22N2O2/c1-14(2,3)10-12(17)15-7-5-11-6-8-16-13(9-11)18-4/h6,8-9H,5,7,10H2,1-4H3,(H,15,17). The van der Waals surface area contributed by atoms with E-state index in [9.17, 15) is 4.79 Å². The number of carbonyl (C=O) groups is 1. The molecular formula is C14H22N2O2. The van der Waals surface area contributed by atoms with Crippen molar-refractivity contribution in [1.29, 1.82) is 0 Å². The van der Waals surface area contributed by atoms with Crippen molar-refractivity contribution < 1.29 is 9.53 Å². The molecule has 4 heteroatoms. The number of rotatable bonds is 5. The van der Waals surface area contributed by atoms with E-state index in [4.69, 9.17) is 4.74 Å². The van der Waals surface area contributed by atoms with Crippen LogP contribution >= 0.6 is 0 Å². The number of methoxy groups -OCH3 is 1. The fourth-order valence-electron chi connectivity index (χ4n) is 1.61. The maximum atomic E-state index is 11.6. The van der Waals surface area contributed by atoms with Crippen LogP contribution in [0.2, 0.25) is 0 Å². The van der Waals surface area contributed by atoms with E-state index >= 15 is 0 Å². The Labute approximate surface area is 109 Å². The molecule has 1 rings (SSSR count). The lowest BCUT2D eigenvalue weighted by Gasteiger charge is -2.17. The fourth-order valence-corrected chi connectivity index (χ4v) is 1.61. The van der Waals surface area contributed by atoms with Crippen molar-refractivity contribution in [3.8, 4) is 5.88 Å². The van der Waals surface area contributed by atoms with Crippen LogP contribution in [0, 0.1) is 5.41 Å². The van der Waals surface area contributed by atoms with Crippen molar-refractivity contribution in [2.45, 2.75) is 33.6 Å². The molecule has 0 spiro atoms. The lowest BCUT2D eigenvalue weighted by atomic mass is 9.92. The number of aromatic nitrogens is 1. The average molecular weight is 250 g/mol.